The van der Waals surface area contributed by atoms with Crippen LogP contribution in [-0.2, 0) is 0 Å². The largest absolute Gasteiger partial charge is 0.255 e. The van der Waals surface area contributed by atoms with Crippen molar-refractivity contribution in [3.63, 3.8) is 0 Å². The maximum absolute atomic E-state index is 13.4. The van der Waals surface area contributed by atoms with Crippen molar-refractivity contribution in [3.05, 3.63) is 37.1 Å². The van der Waals surface area contributed by atoms with Crippen molar-refractivity contribution in [3.8, 4) is 0 Å². The lowest BCUT2D eigenvalue weighted by atomic mass is 10.2. The molecule has 6 heteroatoms. The molecule has 1 aromatic carbocycles. The quantitative estimate of drug-likeness (QED) is 0.578. The summed E-state index contributed by atoms with van der Waals surface area (Å²) >= 11 is 18.1. The maximum atomic E-state index is 13.4. The lowest BCUT2D eigenvalue weighted by Gasteiger charge is -2.06. The minimum atomic E-state index is -0.633. The van der Waals surface area contributed by atoms with Gasteiger partial charge in [0.15, 0.2) is 5.82 Å². The van der Waals surface area contributed by atoms with Crippen molar-refractivity contribution in [2.75, 3.05) is 0 Å². The van der Waals surface area contributed by atoms with Gasteiger partial charge in [0.2, 0.25) is 0 Å². The Kier molecular flexibility index (Phi) is 3.22. The zero-order chi connectivity index (χ0) is 11.2. The van der Waals surface area contributed by atoms with Gasteiger partial charge >= 0.3 is 0 Å². The zero-order valence-electron chi connectivity index (χ0n) is 6.99. The first-order valence-corrected chi connectivity index (χ1v) is 6.13. The Labute approximate surface area is 112 Å². The fraction of sp³-hybridized carbons (Fsp3) is 0. The van der Waals surface area contributed by atoms with Crippen LogP contribution in [0.1, 0.15) is 0 Å². The van der Waals surface area contributed by atoms with Gasteiger partial charge in [0.05, 0.1) is 20.0 Å². The number of nitrogens with zero attached hydrogens (tertiary/aromatic N) is 1. The van der Waals surface area contributed by atoms with Gasteiger partial charge in [-0.2, -0.15) is 0 Å². The third-order valence-electron chi connectivity index (χ3n) is 1.89. The van der Waals surface area contributed by atoms with Crippen molar-refractivity contribution < 1.29 is 4.39 Å². The van der Waals surface area contributed by atoms with Gasteiger partial charge in [-0.25, -0.2) is 4.39 Å². The summed E-state index contributed by atoms with van der Waals surface area (Å²) in [4.78, 5) is 4.09. The summed E-state index contributed by atoms with van der Waals surface area (Å²) in [6.07, 6.45) is 1.59. The zero-order valence-corrected chi connectivity index (χ0v) is 11.7. The van der Waals surface area contributed by atoms with Gasteiger partial charge in [-0.15, -0.1) is 0 Å². The molecule has 0 amide bonds. The van der Waals surface area contributed by atoms with Crippen LogP contribution in [0.3, 0.4) is 0 Å². The topological polar surface area (TPSA) is 12.9 Å². The van der Waals surface area contributed by atoms with E-state index in [0.717, 1.165) is 0 Å². The minimum Gasteiger partial charge on any atom is -0.255 e. The van der Waals surface area contributed by atoms with Gasteiger partial charge in [0, 0.05) is 16.1 Å². The minimum absolute atomic E-state index is 0.0295. The van der Waals surface area contributed by atoms with Gasteiger partial charge < -0.3 is 0 Å². The molecule has 0 aliphatic carbocycles. The molecule has 0 fully saturated rings. The highest BCUT2D eigenvalue weighted by molar-refractivity contribution is 9.13. The van der Waals surface area contributed by atoms with Gasteiger partial charge in [-0.1, -0.05) is 23.2 Å². The molecule has 0 saturated heterocycles. The number of aromatic nitrogens is 1. The molecule has 1 nitrogen and oxygen atoms in total. The van der Waals surface area contributed by atoms with Crippen LogP contribution in [0.5, 0.6) is 0 Å². The lowest BCUT2D eigenvalue weighted by molar-refractivity contribution is 0.630. The first-order chi connectivity index (χ1) is 7.02. The first kappa shape index (κ1) is 11.6. The van der Waals surface area contributed by atoms with E-state index in [9.17, 15) is 4.39 Å². The van der Waals surface area contributed by atoms with Crippen LogP contribution < -0.4 is 0 Å². The van der Waals surface area contributed by atoms with Crippen LogP contribution in [0.4, 0.5) is 4.39 Å². The van der Waals surface area contributed by atoms with Gasteiger partial charge in [0.25, 0.3) is 0 Å². The van der Waals surface area contributed by atoms with Crippen LogP contribution in [0.25, 0.3) is 10.9 Å². The Morgan fingerprint density at radius 1 is 1.27 bits per heavy atom. The van der Waals surface area contributed by atoms with Crippen LogP contribution in [0.2, 0.25) is 10.0 Å². The average molecular weight is 374 g/mol. The summed E-state index contributed by atoms with van der Waals surface area (Å²) in [6.45, 7) is 0. The van der Waals surface area contributed by atoms with E-state index in [0.29, 0.717) is 19.8 Å². The maximum Gasteiger partial charge on any atom is 0.161 e. The third-order valence-corrected chi connectivity index (χ3v) is 4.47. The van der Waals surface area contributed by atoms with Crippen LogP contribution in [0, 0.1) is 5.82 Å². The molecule has 78 valence electrons. The van der Waals surface area contributed by atoms with E-state index in [2.05, 4.69) is 36.8 Å². The Morgan fingerprint density at radius 3 is 2.60 bits per heavy atom. The van der Waals surface area contributed by atoms with Gasteiger partial charge in [-0.05, 0) is 37.9 Å². The number of halogens is 5. The molecule has 0 aliphatic rings. The van der Waals surface area contributed by atoms with E-state index in [1.165, 1.54) is 6.07 Å². The molecule has 0 bridgehead atoms. The molecule has 2 aromatic rings. The number of rotatable bonds is 0. The van der Waals surface area contributed by atoms with Crippen LogP contribution in [-0.4, -0.2) is 4.98 Å². The fourth-order valence-electron chi connectivity index (χ4n) is 1.20. The van der Waals surface area contributed by atoms with E-state index in [4.69, 9.17) is 23.2 Å². The Bertz CT molecular complexity index is 560. The number of benzene rings is 1. The van der Waals surface area contributed by atoms with E-state index in [1.54, 1.807) is 6.20 Å². The number of pyridine rings is 1. The molecule has 0 atom stereocenters. The SMILES string of the molecule is Fc1c(Cl)cc2ncc(Br)c(Br)c2c1Cl. The molecule has 0 spiro atoms. The fourth-order valence-corrected chi connectivity index (χ4v) is 2.65. The molecule has 1 aromatic heterocycles. The van der Waals surface area contributed by atoms with E-state index in [-0.39, 0.29) is 10.0 Å². The summed E-state index contributed by atoms with van der Waals surface area (Å²) < 4.78 is 14.8. The van der Waals surface area contributed by atoms with Crippen molar-refractivity contribution in [1.82, 2.24) is 4.98 Å². The standard InChI is InChI=1S/C9H2Br2Cl2FN/c10-3-2-15-5-1-4(12)9(14)8(13)6(5)7(3)11/h1-2H. The second-order valence-electron chi connectivity index (χ2n) is 2.80. The summed E-state index contributed by atoms with van der Waals surface area (Å²) in [5.41, 5.74) is 0.543. The van der Waals surface area contributed by atoms with E-state index < -0.39 is 5.82 Å². The summed E-state index contributed by atoms with van der Waals surface area (Å²) in [5, 5.41) is 0.445. The summed E-state index contributed by atoms with van der Waals surface area (Å²) in [7, 11) is 0. The molecular weight excluding hydrogens is 372 g/mol. The second kappa shape index (κ2) is 4.17. The van der Waals surface area contributed by atoms with Crippen molar-refractivity contribution in [1.29, 1.82) is 0 Å². The Morgan fingerprint density at radius 2 is 1.93 bits per heavy atom. The molecule has 1 heterocycles. The predicted molar refractivity (Wildman–Crippen MR) is 67.1 cm³/mol. The highest BCUT2D eigenvalue weighted by Gasteiger charge is 2.15. The molecule has 0 saturated carbocycles. The van der Waals surface area contributed by atoms with Crippen molar-refractivity contribution >= 4 is 66.0 Å². The number of fused-ring (bicyclic) bond motifs is 1. The van der Waals surface area contributed by atoms with Gasteiger partial charge in [0.1, 0.15) is 0 Å². The number of hydrogen-bond acceptors (Lipinski definition) is 1. The van der Waals surface area contributed by atoms with Gasteiger partial charge in [-0.3, -0.25) is 4.98 Å². The molecule has 0 aliphatic heterocycles. The monoisotopic (exact) mass is 371 g/mol. The third kappa shape index (κ3) is 1.88. The van der Waals surface area contributed by atoms with Crippen molar-refractivity contribution in [2.45, 2.75) is 0 Å². The molecule has 15 heavy (non-hydrogen) atoms. The Balaban J connectivity index is 3.00. The highest BCUT2D eigenvalue weighted by atomic mass is 79.9. The van der Waals surface area contributed by atoms with E-state index >= 15 is 0 Å². The van der Waals surface area contributed by atoms with Crippen LogP contribution in [0.15, 0.2) is 21.2 Å². The molecule has 0 radical (unpaired) electrons. The molecule has 0 N–H and O–H groups in total. The average Bonchev–Trinajstić information content (AvgIpc) is 2.20. The lowest BCUT2D eigenvalue weighted by Crippen LogP contribution is -1.87. The smallest absolute Gasteiger partial charge is 0.161 e. The highest BCUT2D eigenvalue weighted by Crippen LogP contribution is 2.38. The number of hydrogen-bond donors (Lipinski definition) is 0. The van der Waals surface area contributed by atoms with Crippen molar-refractivity contribution in [2.24, 2.45) is 0 Å². The molecular formula is C9H2Br2Cl2FN. The van der Waals surface area contributed by atoms with E-state index in [1.807, 2.05) is 0 Å². The van der Waals surface area contributed by atoms with Crippen LogP contribution >= 0.6 is 55.1 Å². The summed E-state index contributed by atoms with van der Waals surface area (Å²) in [6, 6.07) is 1.44. The molecule has 2 rings (SSSR count). The Hall–Kier alpha value is 0.1000. The first-order valence-electron chi connectivity index (χ1n) is 3.79. The summed E-state index contributed by atoms with van der Waals surface area (Å²) in [5.74, 6) is -0.633. The predicted octanol–water partition coefficient (Wildman–Crippen LogP) is 5.21. The molecule has 0 unspecified atom stereocenters. The normalized spacial score (nSPS) is 11.0. The second-order valence-corrected chi connectivity index (χ2v) is 5.23.